The maximum absolute atomic E-state index is 8.42. The van der Waals surface area contributed by atoms with E-state index in [-0.39, 0.29) is 0 Å². The molecule has 0 N–H and O–H groups in total. The van der Waals surface area contributed by atoms with Gasteiger partial charge in [0.15, 0.2) is 0 Å². The Morgan fingerprint density at radius 3 is 2.86 bits per heavy atom. The molecule has 0 spiro atoms. The van der Waals surface area contributed by atoms with Crippen molar-refractivity contribution in [3.63, 3.8) is 0 Å². The predicted octanol–water partition coefficient (Wildman–Crippen LogP) is 2.51. The summed E-state index contributed by atoms with van der Waals surface area (Å²) < 4.78 is 0.424. The molecule has 0 amide bonds. The first-order valence-corrected chi connectivity index (χ1v) is 6.36. The van der Waals surface area contributed by atoms with Crippen molar-refractivity contribution < 1.29 is 0 Å². The molecule has 0 bridgehead atoms. The van der Waals surface area contributed by atoms with Crippen LogP contribution in [0.2, 0.25) is 0 Å². The Labute approximate surface area is 91.7 Å². The molecule has 0 aromatic rings. The van der Waals surface area contributed by atoms with Crippen molar-refractivity contribution in [2.45, 2.75) is 37.9 Å². The lowest BCUT2D eigenvalue weighted by atomic mass is 10.1. The standard InChI is InChI=1S/C11H20N2S/c1-11(2)10-13(8-9-14-11)7-5-3-4-6-12/h3-5,7-10H2,1-2H3. The SMILES string of the molecule is CC1(C)CN(CCCCC#N)CCS1. The minimum absolute atomic E-state index is 0.424. The van der Waals surface area contributed by atoms with Gasteiger partial charge in [0.05, 0.1) is 6.07 Å². The Bertz CT molecular complexity index is 208. The summed E-state index contributed by atoms with van der Waals surface area (Å²) in [4.78, 5) is 2.54. The van der Waals surface area contributed by atoms with Gasteiger partial charge in [-0.3, -0.25) is 0 Å². The number of unbranched alkanes of at least 4 members (excludes halogenated alkanes) is 2. The number of nitrogens with zero attached hydrogens (tertiary/aromatic N) is 2. The summed E-state index contributed by atoms with van der Waals surface area (Å²) in [5, 5.41) is 8.42. The van der Waals surface area contributed by atoms with Crippen LogP contribution in [0.3, 0.4) is 0 Å². The summed E-state index contributed by atoms with van der Waals surface area (Å²) in [7, 11) is 0. The van der Waals surface area contributed by atoms with Crippen LogP contribution in [0.1, 0.15) is 33.1 Å². The average molecular weight is 212 g/mol. The molecule has 0 unspecified atom stereocenters. The average Bonchev–Trinajstić information content (AvgIpc) is 2.11. The van der Waals surface area contributed by atoms with Crippen LogP contribution in [0.15, 0.2) is 0 Å². The fourth-order valence-corrected chi connectivity index (χ4v) is 3.02. The third-order valence-electron chi connectivity index (χ3n) is 2.52. The summed E-state index contributed by atoms with van der Waals surface area (Å²) in [6, 6.07) is 2.20. The van der Waals surface area contributed by atoms with E-state index < -0.39 is 0 Å². The van der Waals surface area contributed by atoms with E-state index in [1.165, 1.54) is 31.8 Å². The summed E-state index contributed by atoms with van der Waals surface area (Å²) in [5.41, 5.74) is 0. The Morgan fingerprint density at radius 2 is 2.21 bits per heavy atom. The molecule has 2 nitrogen and oxygen atoms in total. The van der Waals surface area contributed by atoms with Crippen molar-refractivity contribution in [3.05, 3.63) is 0 Å². The zero-order valence-electron chi connectivity index (χ0n) is 9.25. The number of thioether (sulfide) groups is 1. The van der Waals surface area contributed by atoms with E-state index >= 15 is 0 Å². The molecular weight excluding hydrogens is 192 g/mol. The number of rotatable bonds is 4. The second-order valence-electron chi connectivity index (χ2n) is 4.50. The van der Waals surface area contributed by atoms with Gasteiger partial charge in [0.25, 0.3) is 0 Å². The summed E-state index contributed by atoms with van der Waals surface area (Å²) in [6.07, 6.45) is 2.95. The molecule has 0 atom stereocenters. The van der Waals surface area contributed by atoms with E-state index in [9.17, 15) is 0 Å². The highest BCUT2D eigenvalue weighted by Gasteiger charge is 2.26. The van der Waals surface area contributed by atoms with Crippen LogP contribution in [-0.2, 0) is 0 Å². The summed E-state index contributed by atoms with van der Waals surface area (Å²) >= 11 is 2.07. The zero-order valence-corrected chi connectivity index (χ0v) is 10.1. The van der Waals surface area contributed by atoms with Crippen molar-refractivity contribution >= 4 is 11.8 Å². The Kier molecular flexibility index (Phi) is 4.77. The lowest BCUT2D eigenvalue weighted by molar-refractivity contribution is 0.256. The number of nitriles is 1. The van der Waals surface area contributed by atoms with Crippen LogP contribution in [0, 0.1) is 11.3 Å². The van der Waals surface area contributed by atoms with Gasteiger partial charge < -0.3 is 4.90 Å². The maximum atomic E-state index is 8.42. The molecule has 0 aliphatic carbocycles. The van der Waals surface area contributed by atoms with Gasteiger partial charge in [0.2, 0.25) is 0 Å². The van der Waals surface area contributed by atoms with Crippen molar-refractivity contribution in [1.29, 1.82) is 5.26 Å². The molecule has 0 aromatic heterocycles. The van der Waals surface area contributed by atoms with E-state index in [0.717, 1.165) is 6.42 Å². The molecule has 1 aliphatic heterocycles. The van der Waals surface area contributed by atoms with Crippen molar-refractivity contribution in [1.82, 2.24) is 4.90 Å². The topological polar surface area (TPSA) is 27.0 Å². The van der Waals surface area contributed by atoms with E-state index in [0.29, 0.717) is 11.2 Å². The lowest BCUT2D eigenvalue weighted by Gasteiger charge is -2.37. The molecule has 1 rings (SSSR count). The van der Waals surface area contributed by atoms with Gasteiger partial charge in [-0.25, -0.2) is 0 Å². The normalized spacial score (nSPS) is 21.8. The Balaban J connectivity index is 2.15. The number of hydrogen-bond acceptors (Lipinski definition) is 3. The van der Waals surface area contributed by atoms with Crippen LogP contribution >= 0.6 is 11.8 Å². The van der Waals surface area contributed by atoms with Gasteiger partial charge in [0, 0.05) is 30.0 Å². The van der Waals surface area contributed by atoms with Crippen LogP contribution in [0.5, 0.6) is 0 Å². The first-order valence-electron chi connectivity index (χ1n) is 5.37. The van der Waals surface area contributed by atoms with E-state index in [4.69, 9.17) is 5.26 Å². The van der Waals surface area contributed by atoms with Gasteiger partial charge in [-0.05, 0) is 33.2 Å². The maximum Gasteiger partial charge on any atom is 0.0621 e. The molecule has 1 heterocycles. The molecule has 1 saturated heterocycles. The predicted molar refractivity (Wildman–Crippen MR) is 62.4 cm³/mol. The van der Waals surface area contributed by atoms with Crippen molar-refractivity contribution in [2.75, 3.05) is 25.4 Å². The fraction of sp³-hybridized carbons (Fsp3) is 0.909. The van der Waals surface area contributed by atoms with E-state index in [1.807, 2.05) is 0 Å². The third kappa shape index (κ3) is 4.34. The quantitative estimate of drug-likeness (QED) is 0.670. The van der Waals surface area contributed by atoms with Crippen LogP contribution < -0.4 is 0 Å². The molecule has 14 heavy (non-hydrogen) atoms. The van der Waals surface area contributed by atoms with Gasteiger partial charge in [-0.2, -0.15) is 17.0 Å². The molecule has 80 valence electrons. The monoisotopic (exact) mass is 212 g/mol. The Morgan fingerprint density at radius 1 is 1.43 bits per heavy atom. The van der Waals surface area contributed by atoms with Gasteiger partial charge in [-0.15, -0.1) is 0 Å². The minimum Gasteiger partial charge on any atom is -0.301 e. The first-order chi connectivity index (χ1) is 6.64. The van der Waals surface area contributed by atoms with Crippen LogP contribution in [0.4, 0.5) is 0 Å². The van der Waals surface area contributed by atoms with Crippen molar-refractivity contribution in [3.8, 4) is 6.07 Å². The van der Waals surface area contributed by atoms with Crippen LogP contribution in [-0.4, -0.2) is 35.0 Å². The zero-order chi connectivity index (χ0) is 10.4. The highest BCUT2D eigenvalue weighted by molar-refractivity contribution is 8.00. The molecular formula is C11H20N2S. The lowest BCUT2D eigenvalue weighted by Crippen LogP contribution is -2.43. The number of hydrogen-bond donors (Lipinski definition) is 0. The molecule has 0 aromatic carbocycles. The largest absolute Gasteiger partial charge is 0.301 e. The second-order valence-corrected chi connectivity index (χ2v) is 6.30. The van der Waals surface area contributed by atoms with Gasteiger partial charge >= 0.3 is 0 Å². The first kappa shape index (κ1) is 11.9. The molecule has 1 fully saturated rings. The van der Waals surface area contributed by atoms with E-state index in [2.05, 4.69) is 36.6 Å². The molecule has 3 heteroatoms. The summed E-state index contributed by atoms with van der Waals surface area (Å²) in [6.45, 7) is 8.23. The highest BCUT2D eigenvalue weighted by Crippen LogP contribution is 2.29. The van der Waals surface area contributed by atoms with Crippen LogP contribution in [0.25, 0.3) is 0 Å². The molecule has 0 saturated carbocycles. The molecule has 1 aliphatic rings. The Hall–Kier alpha value is -0.200. The second kappa shape index (κ2) is 5.63. The van der Waals surface area contributed by atoms with Crippen molar-refractivity contribution in [2.24, 2.45) is 0 Å². The minimum atomic E-state index is 0.424. The summed E-state index contributed by atoms with van der Waals surface area (Å²) in [5.74, 6) is 1.26. The van der Waals surface area contributed by atoms with Gasteiger partial charge in [-0.1, -0.05) is 0 Å². The third-order valence-corrected chi connectivity index (χ3v) is 3.81. The highest BCUT2D eigenvalue weighted by atomic mass is 32.2. The van der Waals surface area contributed by atoms with Gasteiger partial charge in [0.1, 0.15) is 0 Å². The smallest absolute Gasteiger partial charge is 0.0621 e. The van der Waals surface area contributed by atoms with E-state index in [1.54, 1.807) is 0 Å². The molecule has 0 radical (unpaired) electrons. The fourth-order valence-electron chi connectivity index (χ4n) is 1.84.